The minimum atomic E-state index is -0.249. The number of carbonyl (C=O) groups excluding carboxylic acids is 1. The van der Waals surface area contributed by atoms with Crippen LogP contribution in [0.15, 0.2) is 30.5 Å². The summed E-state index contributed by atoms with van der Waals surface area (Å²) in [5, 5.41) is 2.74. The maximum absolute atomic E-state index is 11.8. The normalized spacial score (nSPS) is 12.4. The molecule has 1 amide bonds. The van der Waals surface area contributed by atoms with Gasteiger partial charge in [0.1, 0.15) is 5.69 Å². The van der Waals surface area contributed by atoms with E-state index >= 15 is 0 Å². The summed E-state index contributed by atoms with van der Waals surface area (Å²) in [5.41, 5.74) is 7.23. The summed E-state index contributed by atoms with van der Waals surface area (Å²) in [6.45, 7) is 2.24. The number of nitrogens with one attached hydrogen (secondary N) is 1. The molecule has 17 heavy (non-hydrogen) atoms. The summed E-state index contributed by atoms with van der Waals surface area (Å²) in [6, 6.07) is 7.35. The number of para-hydroxylation sites is 2. The third kappa shape index (κ3) is 2.57. The van der Waals surface area contributed by atoms with E-state index in [0.717, 1.165) is 5.52 Å². The first-order chi connectivity index (χ1) is 8.20. The van der Waals surface area contributed by atoms with E-state index in [1.807, 2.05) is 31.2 Å². The monoisotopic (exact) mass is 230 g/mol. The number of hydrogen-bond acceptors (Lipinski definition) is 4. The van der Waals surface area contributed by atoms with Gasteiger partial charge in [-0.1, -0.05) is 12.1 Å². The fourth-order valence-corrected chi connectivity index (χ4v) is 1.42. The third-order valence-corrected chi connectivity index (χ3v) is 2.41. The fraction of sp³-hybridized carbons (Fsp3) is 0.250. The van der Waals surface area contributed by atoms with Crippen molar-refractivity contribution in [1.29, 1.82) is 0 Å². The number of nitrogens with zero attached hydrogens (tertiary/aromatic N) is 2. The lowest BCUT2D eigenvalue weighted by Crippen LogP contribution is -2.38. The maximum Gasteiger partial charge on any atom is 0.271 e. The van der Waals surface area contributed by atoms with Crippen LogP contribution in [0.25, 0.3) is 11.0 Å². The highest BCUT2D eigenvalue weighted by molar-refractivity contribution is 5.93. The summed E-state index contributed by atoms with van der Waals surface area (Å²) in [4.78, 5) is 20.2. The van der Waals surface area contributed by atoms with Crippen LogP contribution in [-0.2, 0) is 0 Å². The molecule has 0 aliphatic heterocycles. The van der Waals surface area contributed by atoms with Crippen LogP contribution >= 0.6 is 0 Å². The van der Waals surface area contributed by atoms with E-state index in [2.05, 4.69) is 15.3 Å². The Balaban J connectivity index is 2.27. The highest BCUT2D eigenvalue weighted by Crippen LogP contribution is 2.08. The van der Waals surface area contributed by atoms with Gasteiger partial charge in [0, 0.05) is 12.6 Å². The van der Waals surface area contributed by atoms with Gasteiger partial charge < -0.3 is 11.1 Å². The molecule has 0 spiro atoms. The second-order valence-corrected chi connectivity index (χ2v) is 3.85. The molecule has 2 aromatic rings. The van der Waals surface area contributed by atoms with Crippen molar-refractivity contribution >= 4 is 16.9 Å². The summed E-state index contributed by atoms with van der Waals surface area (Å²) in [7, 11) is 0. The Kier molecular flexibility index (Phi) is 3.30. The van der Waals surface area contributed by atoms with Crippen LogP contribution in [-0.4, -0.2) is 28.5 Å². The predicted octanol–water partition coefficient (Wildman–Crippen LogP) is 0.707. The van der Waals surface area contributed by atoms with Crippen LogP contribution in [0.4, 0.5) is 0 Å². The topological polar surface area (TPSA) is 80.9 Å². The average molecular weight is 230 g/mol. The molecule has 1 heterocycles. The lowest BCUT2D eigenvalue weighted by Gasteiger charge is -2.10. The van der Waals surface area contributed by atoms with Crippen LogP contribution in [0.2, 0.25) is 0 Å². The molecule has 0 radical (unpaired) electrons. The minimum absolute atomic E-state index is 0.0734. The molecule has 2 rings (SSSR count). The van der Waals surface area contributed by atoms with Crippen molar-refractivity contribution in [3.05, 3.63) is 36.2 Å². The molecule has 1 aromatic carbocycles. The molecule has 0 fully saturated rings. The molecule has 0 aliphatic carbocycles. The van der Waals surface area contributed by atoms with E-state index in [1.165, 1.54) is 6.20 Å². The van der Waals surface area contributed by atoms with Crippen LogP contribution < -0.4 is 11.1 Å². The van der Waals surface area contributed by atoms with Crippen LogP contribution in [0.3, 0.4) is 0 Å². The Morgan fingerprint density at radius 1 is 1.41 bits per heavy atom. The van der Waals surface area contributed by atoms with E-state index < -0.39 is 0 Å². The second-order valence-electron chi connectivity index (χ2n) is 3.85. The molecule has 5 heteroatoms. The van der Waals surface area contributed by atoms with Gasteiger partial charge in [0.2, 0.25) is 0 Å². The third-order valence-electron chi connectivity index (χ3n) is 2.41. The van der Waals surface area contributed by atoms with Crippen molar-refractivity contribution < 1.29 is 4.79 Å². The first-order valence-electron chi connectivity index (χ1n) is 5.43. The van der Waals surface area contributed by atoms with Crippen molar-refractivity contribution in [2.75, 3.05) is 6.54 Å². The minimum Gasteiger partial charge on any atom is -0.347 e. The van der Waals surface area contributed by atoms with Gasteiger partial charge in [-0.2, -0.15) is 0 Å². The van der Waals surface area contributed by atoms with Crippen LogP contribution in [0.1, 0.15) is 17.4 Å². The largest absolute Gasteiger partial charge is 0.347 e. The van der Waals surface area contributed by atoms with Crippen molar-refractivity contribution in [2.45, 2.75) is 13.0 Å². The molecule has 0 saturated heterocycles. The van der Waals surface area contributed by atoms with E-state index in [0.29, 0.717) is 17.8 Å². The Morgan fingerprint density at radius 3 is 2.82 bits per heavy atom. The molecule has 1 unspecified atom stereocenters. The molecule has 3 N–H and O–H groups in total. The molecular weight excluding hydrogens is 216 g/mol. The average Bonchev–Trinajstić information content (AvgIpc) is 2.38. The Hall–Kier alpha value is -2.01. The zero-order chi connectivity index (χ0) is 12.3. The summed E-state index contributed by atoms with van der Waals surface area (Å²) in [6.07, 6.45) is 1.47. The number of rotatable bonds is 3. The quantitative estimate of drug-likeness (QED) is 0.813. The fourth-order valence-electron chi connectivity index (χ4n) is 1.42. The smallest absolute Gasteiger partial charge is 0.271 e. The SMILES string of the molecule is CC(CN)NC(=O)c1cnc2ccccc2n1. The van der Waals surface area contributed by atoms with Gasteiger partial charge in [0.25, 0.3) is 5.91 Å². The second kappa shape index (κ2) is 4.88. The van der Waals surface area contributed by atoms with Gasteiger partial charge in [-0.05, 0) is 19.1 Å². The lowest BCUT2D eigenvalue weighted by molar-refractivity contribution is 0.0936. The number of fused-ring (bicyclic) bond motifs is 1. The Labute approximate surface area is 99.1 Å². The van der Waals surface area contributed by atoms with Crippen molar-refractivity contribution in [3.8, 4) is 0 Å². The van der Waals surface area contributed by atoms with E-state index in [9.17, 15) is 4.79 Å². The van der Waals surface area contributed by atoms with Crippen molar-refractivity contribution in [3.63, 3.8) is 0 Å². The van der Waals surface area contributed by atoms with Gasteiger partial charge in [0.15, 0.2) is 0 Å². The van der Waals surface area contributed by atoms with E-state index in [1.54, 1.807) is 0 Å². The Bertz CT molecular complexity index is 541. The lowest BCUT2D eigenvalue weighted by atomic mass is 10.3. The van der Waals surface area contributed by atoms with Gasteiger partial charge in [-0.3, -0.25) is 9.78 Å². The molecule has 5 nitrogen and oxygen atoms in total. The molecule has 88 valence electrons. The predicted molar refractivity (Wildman–Crippen MR) is 65.5 cm³/mol. The molecule has 1 atom stereocenters. The highest BCUT2D eigenvalue weighted by atomic mass is 16.1. The number of amides is 1. The number of benzene rings is 1. The summed E-state index contributed by atoms with van der Waals surface area (Å²) < 4.78 is 0. The first-order valence-corrected chi connectivity index (χ1v) is 5.43. The van der Waals surface area contributed by atoms with Gasteiger partial charge in [-0.15, -0.1) is 0 Å². The molecule has 1 aromatic heterocycles. The molecule has 0 aliphatic rings. The molecule has 0 bridgehead atoms. The van der Waals surface area contributed by atoms with E-state index in [4.69, 9.17) is 5.73 Å². The molecule has 0 saturated carbocycles. The first kappa shape index (κ1) is 11.5. The number of nitrogens with two attached hydrogens (primary N) is 1. The van der Waals surface area contributed by atoms with Crippen molar-refractivity contribution in [2.24, 2.45) is 5.73 Å². The maximum atomic E-state index is 11.8. The van der Waals surface area contributed by atoms with Gasteiger partial charge in [-0.25, -0.2) is 4.98 Å². The van der Waals surface area contributed by atoms with Crippen LogP contribution in [0, 0.1) is 0 Å². The Morgan fingerprint density at radius 2 is 2.12 bits per heavy atom. The zero-order valence-electron chi connectivity index (χ0n) is 9.55. The summed E-state index contributed by atoms with van der Waals surface area (Å²) >= 11 is 0. The zero-order valence-corrected chi connectivity index (χ0v) is 9.55. The van der Waals surface area contributed by atoms with Crippen LogP contribution in [0.5, 0.6) is 0 Å². The standard InChI is InChI=1S/C12H14N4O/c1-8(6-13)15-12(17)11-7-14-9-4-2-3-5-10(9)16-11/h2-5,7-8H,6,13H2,1H3,(H,15,17). The van der Waals surface area contributed by atoms with E-state index in [-0.39, 0.29) is 11.9 Å². The summed E-state index contributed by atoms with van der Waals surface area (Å²) in [5.74, 6) is -0.249. The highest BCUT2D eigenvalue weighted by Gasteiger charge is 2.10. The number of hydrogen-bond donors (Lipinski definition) is 2. The molecular formula is C12H14N4O. The van der Waals surface area contributed by atoms with Gasteiger partial charge >= 0.3 is 0 Å². The van der Waals surface area contributed by atoms with Gasteiger partial charge in [0.05, 0.1) is 17.2 Å². The number of aromatic nitrogens is 2. The van der Waals surface area contributed by atoms with Crippen molar-refractivity contribution in [1.82, 2.24) is 15.3 Å². The number of carbonyl (C=O) groups is 1.